The van der Waals surface area contributed by atoms with Crippen molar-refractivity contribution >= 4 is 0 Å². The summed E-state index contributed by atoms with van der Waals surface area (Å²) in [6.45, 7) is 6.35. The summed E-state index contributed by atoms with van der Waals surface area (Å²) in [5.41, 5.74) is 1.94. The van der Waals surface area contributed by atoms with Crippen LogP contribution in [0.15, 0.2) is 30.7 Å². The number of hydrogen-bond acceptors (Lipinski definition) is 3. The van der Waals surface area contributed by atoms with Crippen LogP contribution in [0.2, 0.25) is 0 Å². The SMILES string of the molecule is CC(C)(C)c1cn(-c2cccnc2)nn1. The maximum absolute atomic E-state index is 4.15. The zero-order valence-corrected chi connectivity index (χ0v) is 9.18. The molecule has 2 aromatic rings. The molecule has 2 heterocycles. The largest absolute Gasteiger partial charge is 0.262 e. The molecule has 0 bridgehead atoms. The Morgan fingerprint density at radius 1 is 1.27 bits per heavy atom. The molecule has 0 amide bonds. The van der Waals surface area contributed by atoms with E-state index in [2.05, 4.69) is 36.1 Å². The minimum atomic E-state index is 0.0282. The van der Waals surface area contributed by atoms with Gasteiger partial charge in [0.15, 0.2) is 0 Å². The summed E-state index contributed by atoms with van der Waals surface area (Å²) in [7, 11) is 0. The van der Waals surface area contributed by atoms with Gasteiger partial charge in [0.2, 0.25) is 0 Å². The van der Waals surface area contributed by atoms with Crippen LogP contribution in [0.3, 0.4) is 0 Å². The molecule has 0 aliphatic carbocycles. The molecule has 0 atom stereocenters. The van der Waals surface area contributed by atoms with Crippen LogP contribution in [0.1, 0.15) is 26.5 Å². The van der Waals surface area contributed by atoms with Crippen molar-refractivity contribution in [1.82, 2.24) is 20.0 Å². The zero-order chi connectivity index (χ0) is 10.9. The molecule has 0 N–H and O–H groups in total. The van der Waals surface area contributed by atoms with E-state index in [9.17, 15) is 0 Å². The van der Waals surface area contributed by atoms with E-state index in [0.717, 1.165) is 11.4 Å². The van der Waals surface area contributed by atoms with Crippen molar-refractivity contribution in [3.05, 3.63) is 36.4 Å². The second-order valence-corrected chi connectivity index (χ2v) is 4.51. The van der Waals surface area contributed by atoms with Gasteiger partial charge in [-0.25, -0.2) is 4.68 Å². The van der Waals surface area contributed by atoms with Crippen molar-refractivity contribution in [1.29, 1.82) is 0 Å². The Hall–Kier alpha value is -1.71. The Labute approximate surface area is 89.0 Å². The molecule has 0 radical (unpaired) electrons. The molecule has 0 saturated carbocycles. The zero-order valence-electron chi connectivity index (χ0n) is 9.18. The highest BCUT2D eigenvalue weighted by molar-refractivity contribution is 5.26. The van der Waals surface area contributed by atoms with Crippen LogP contribution in [0.25, 0.3) is 5.69 Å². The lowest BCUT2D eigenvalue weighted by molar-refractivity contribution is 0.566. The normalized spacial score (nSPS) is 11.7. The van der Waals surface area contributed by atoms with Crippen LogP contribution in [-0.2, 0) is 5.41 Å². The second kappa shape index (κ2) is 3.46. The predicted molar refractivity (Wildman–Crippen MR) is 57.9 cm³/mol. The topological polar surface area (TPSA) is 43.6 Å². The number of nitrogens with zero attached hydrogens (tertiary/aromatic N) is 4. The van der Waals surface area contributed by atoms with Crippen LogP contribution in [0.5, 0.6) is 0 Å². The summed E-state index contributed by atoms with van der Waals surface area (Å²) in [4.78, 5) is 4.04. The fourth-order valence-corrected chi connectivity index (χ4v) is 1.22. The van der Waals surface area contributed by atoms with E-state index in [4.69, 9.17) is 0 Å². The summed E-state index contributed by atoms with van der Waals surface area (Å²) in [6, 6.07) is 3.84. The van der Waals surface area contributed by atoms with Gasteiger partial charge in [-0.15, -0.1) is 5.10 Å². The van der Waals surface area contributed by atoms with E-state index in [1.807, 2.05) is 18.3 Å². The average Bonchev–Trinajstić information content (AvgIpc) is 2.67. The van der Waals surface area contributed by atoms with Gasteiger partial charge in [0.1, 0.15) is 0 Å². The van der Waals surface area contributed by atoms with E-state index in [-0.39, 0.29) is 5.41 Å². The Balaban J connectivity index is 2.37. The molecular weight excluding hydrogens is 188 g/mol. The summed E-state index contributed by atoms with van der Waals surface area (Å²) in [6.07, 6.45) is 5.45. The van der Waals surface area contributed by atoms with Crippen LogP contribution in [-0.4, -0.2) is 20.0 Å². The number of aromatic nitrogens is 4. The lowest BCUT2D eigenvalue weighted by Gasteiger charge is -2.12. The molecule has 2 aromatic heterocycles. The van der Waals surface area contributed by atoms with Gasteiger partial charge < -0.3 is 0 Å². The van der Waals surface area contributed by atoms with E-state index in [0.29, 0.717) is 0 Å². The van der Waals surface area contributed by atoms with Crippen LogP contribution in [0, 0.1) is 0 Å². The van der Waals surface area contributed by atoms with E-state index < -0.39 is 0 Å². The van der Waals surface area contributed by atoms with Crippen molar-refractivity contribution in [3.63, 3.8) is 0 Å². The number of pyridine rings is 1. The number of hydrogen-bond donors (Lipinski definition) is 0. The highest BCUT2D eigenvalue weighted by atomic mass is 15.4. The van der Waals surface area contributed by atoms with Gasteiger partial charge in [0, 0.05) is 11.6 Å². The Kier molecular flexibility index (Phi) is 2.26. The Morgan fingerprint density at radius 3 is 2.60 bits per heavy atom. The fraction of sp³-hybridized carbons (Fsp3) is 0.364. The third-order valence-electron chi connectivity index (χ3n) is 2.17. The molecule has 15 heavy (non-hydrogen) atoms. The van der Waals surface area contributed by atoms with Crippen molar-refractivity contribution in [2.24, 2.45) is 0 Å². The average molecular weight is 202 g/mol. The van der Waals surface area contributed by atoms with Gasteiger partial charge in [0.05, 0.1) is 23.8 Å². The van der Waals surface area contributed by atoms with Crippen molar-refractivity contribution in [3.8, 4) is 5.69 Å². The third-order valence-corrected chi connectivity index (χ3v) is 2.17. The lowest BCUT2D eigenvalue weighted by Crippen LogP contribution is -2.11. The Bertz CT molecular complexity index is 439. The van der Waals surface area contributed by atoms with Crippen molar-refractivity contribution < 1.29 is 0 Å². The molecule has 0 aromatic carbocycles. The van der Waals surface area contributed by atoms with E-state index in [1.54, 1.807) is 17.1 Å². The van der Waals surface area contributed by atoms with Gasteiger partial charge in [-0.2, -0.15) is 0 Å². The third kappa shape index (κ3) is 2.03. The van der Waals surface area contributed by atoms with Gasteiger partial charge in [-0.1, -0.05) is 26.0 Å². The molecule has 0 saturated heterocycles. The second-order valence-electron chi connectivity index (χ2n) is 4.51. The first-order valence-electron chi connectivity index (χ1n) is 4.90. The molecule has 2 rings (SSSR count). The summed E-state index contributed by atoms with van der Waals surface area (Å²) in [5, 5.41) is 8.23. The Morgan fingerprint density at radius 2 is 2.07 bits per heavy atom. The van der Waals surface area contributed by atoms with Gasteiger partial charge >= 0.3 is 0 Å². The first-order valence-corrected chi connectivity index (χ1v) is 4.90. The molecular formula is C11H14N4. The van der Waals surface area contributed by atoms with Crippen LogP contribution in [0.4, 0.5) is 0 Å². The minimum Gasteiger partial charge on any atom is -0.262 e. The molecule has 0 aliphatic rings. The van der Waals surface area contributed by atoms with E-state index in [1.165, 1.54) is 0 Å². The van der Waals surface area contributed by atoms with E-state index >= 15 is 0 Å². The monoisotopic (exact) mass is 202 g/mol. The molecule has 4 nitrogen and oxygen atoms in total. The maximum Gasteiger partial charge on any atom is 0.0885 e. The van der Waals surface area contributed by atoms with Crippen molar-refractivity contribution in [2.75, 3.05) is 0 Å². The molecule has 0 spiro atoms. The van der Waals surface area contributed by atoms with Gasteiger partial charge in [-0.3, -0.25) is 4.98 Å². The van der Waals surface area contributed by atoms with Gasteiger partial charge in [0.25, 0.3) is 0 Å². The lowest BCUT2D eigenvalue weighted by atomic mass is 9.93. The summed E-state index contributed by atoms with van der Waals surface area (Å²) in [5.74, 6) is 0. The highest BCUT2D eigenvalue weighted by Gasteiger charge is 2.17. The summed E-state index contributed by atoms with van der Waals surface area (Å²) >= 11 is 0. The first-order chi connectivity index (χ1) is 7.07. The summed E-state index contributed by atoms with van der Waals surface area (Å²) < 4.78 is 1.74. The van der Waals surface area contributed by atoms with Crippen molar-refractivity contribution in [2.45, 2.75) is 26.2 Å². The van der Waals surface area contributed by atoms with Crippen LogP contribution < -0.4 is 0 Å². The fourth-order valence-electron chi connectivity index (χ4n) is 1.22. The molecule has 0 aliphatic heterocycles. The molecule has 0 fully saturated rings. The molecule has 4 heteroatoms. The smallest absolute Gasteiger partial charge is 0.0885 e. The highest BCUT2D eigenvalue weighted by Crippen LogP contribution is 2.19. The van der Waals surface area contributed by atoms with Gasteiger partial charge in [-0.05, 0) is 12.1 Å². The number of rotatable bonds is 1. The molecule has 0 unspecified atom stereocenters. The predicted octanol–water partition coefficient (Wildman–Crippen LogP) is 1.96. The molecule has 78 valence electrons. The minimum absolute atomic E-state index is 0.0282. The standard InChI is InChI=1S/C11H14N4/c1-11(2,3)10-8-15(14-13-10)9-5-4-6-12-7-9/h4-8H,1-3H3. The quantitative estimate of drug-likeness (QED) is 0.710. The maximum atomic E-state index is 4.15. The van der Waals surface area contributed by atoms with Crippen LogP contribution >= 0.6 is 0 Å². The first kappa shape index (κ1) is 9.83.